The molecule has 3 aromatic rings. The van der Waals surface area contributed by atoms with E-state index in [0.29, 0.717) is 35.7 Å². The fourth-order valence-electron chi connectivity index (χ4n) is 2.08. The lowest BCUT2D eigenvalue weighted by molar-refractivity contribution is 0.112. The van der Waals surface area contributed by atoms with E-state index >= 15 is 0 Å². The van der Waals surface area contributed by atoms with Crippen LogP contribution in [0.15, 0.2) is 53.1 Å². The Hall–Kier alpha value is -2.82. The Morgan fingerprint density at radius 2 is 2.00 bits per heavy atom. The van der Waals surface area contributed by atoms with E-state index < -0.39 is 0 Å². The molecule has 5 nitrogen and oxygen atoms in total. The number of aromatic nitrogens is 2. The summed E-state index contributed by atoms with van der Waals surface area (Å²) < 4.78 is 6.90. The van der Waals surface area contributed by atoms with Gasteiger partial charge in [-0.1, -0.05) is 30.3 Å². The van der Waals surface area contributed by atoms with Crippen LogP contribution >= 0.6 is 0 Å². The molecule has 3 rings (SSSR count). The van der Waals surface area contributed by atoms with Gasteiger partial charge in [0, 0.05) is 0 Å². The average Bonchev–Trinajstić information content (AvgIpc) is 3.09. The molecule has 100 valence electrons. The highest BCUT2D eigenvalue weighted by Gasteiger charge is 2.18. The van der Waals surface area contributed by atoms with Crippen molar-refractivity contribution in [3.63, 3.8) is 0 Å². The maximum absolute atomic E-state index is 11.2. The number of nitrogens with two attached hydrogens (primary N) is 1. The molecule has 0 atom stereocenters. The van der Waals surface area contributed by atoms with Gasteiger partial charge in [0.05, 0.1) is 18.4 Å². The van der Waals surface area contributed by atoms with Crippen LogP contribution in [0.1, 0.15) is 15.9 Å². The lowest BCUT2D eigenvalue weighted by Crippen LogP contribution is -2.06. The van der Waals surface area contributed by atoms with Gasteiger partial charge in [-0.25, -0.2) is 4.68 Å². The van der Waals surface area contributed by atoms with Crippen LogP contribution in [0.5, 0.6) is 0 Å². The summed E-state index contributed by atoms with van der Waals surface area (Å²) in [6, 6.07) is 13.3. The van der Waals surface area contributed by atoms with Crippen molar-refractivity contribution in [3.05, 3.63) is 59.9 Å². The van der Waals surface area contributed by atoms with Crippen LogP contribution in [0.2, 0.25) is 0 Å². The summed E-state index contributed by atoms with van der Waals surface area (Å²) in [5.74, 6) is 0.876. The Bertz CT molecular complexity index is 715. The van der Waals surface area contributed by atoms with Gasteiger partial charge in [-0.2, -0.15) is 5.10 Å². The molecule has 2 heterocycles. The van der Waals surface area contributed by atoms with Gasteiger partial charge in [0.25, 0.3) is 0 Å². The number of hydrogen-bond acceptors (Lipinski definition) is 4. The molecule has 5 heteroatoms. The monoisotopic (exact) mass is 267 g/mol. The number of rotatable bonds is 4. The van der Waals surface area contributed by atoms with Crippen LogP contribution in [-0.2, 0) is 6.54 Å². The number of furan rings is 1. The minimum absolute atomic E-state index is 0.343. The van der Waals surface area contributed by atoms with Crippen molar-refractivity contribution in [3.8, 4) is 11.5 Å². The number of anilines is 1. The van der Waals surface area contributed by atoms with E-state index in [0.717, 1.165) is 5.56 Å². The molecule has 0 aliphatic heterocycles. The maximum Gasteiger partial charge on any atom is 0.156 e. The van der Waals surface area contributed by atoms with E-state index in [4.69, 9.17) is 10.2 Å². The zero-order chi connectivity index (χ0) is 13.9. The van der Waals surface area contributed by atoms with E-state index in [1.165, 1.54) is 6.26 Å². The summed E-state index contributed by atoms with van der Waals surface area (Å²) in [4.78, 5) is 11.2. The van der Waals surface area contributed by atoms with E-state index in [2.05, 4.69) is 5.10 Å². The lowest BCUT2D eigenvalue weighted by Gasteiger charge is -2.03. The maximum atomic E-state index is 11.2. The largest absolute Gasteiger partial charge is 0.463 e. The van der Waals surface area contributed by atoms with E-state index in [1.54, 1.807) is 16.8 Å². The SMILES string of the molecule is Nc1c(C=O)c(-c2ccco2)nn1Cc1ccccc1. The van der Waals surface area contributed by atoms with Gasteiger partial charge in [0.15, 0.2) is 12.0 Å². The van der Waals surface area contributed by atoms with Gasteiger partial charge in [0.1, 0.15) is 11.5 Å². The predicted octanol–water partition coefficient (Wildman–Crippen LogP) is 2.59. The van der Waals surface area contributed by atoms with Crippen LogP contribution in [0.3, 0.4) is 0 Å². The molecular formula is C15H13N3O2. The highest BCUT2D eigenvalue weighted by molar-refractivity contribution is 5.90. The van der Waals surface area contributed by atoms with Crippen molar-refractivity contribution in [1.29, 1.82) is 0 Å². The molecule has 0 amide bonds. The summed E-state index contributed by atoms with van der Waals surface area (Å²) in [6.45, 7) is 0.508. The van der Waals surface area contributed by atoms with Gasteiger partial charge in [-0.15, -0.1) is 0 Å². The van der Waals surface area contributed by atoms with Crippen LogP contribution in [0.25, 0.3) is 11.5 Å². The Morgan fingerprint density at radius 3 is 2.65 bits per heavy atom. The molecule has 0 spiro atoms. The number of carbonyl (C=O) groups is 1. The summed E-state index contributed by atoms with van der Waals surface area (Å²) in [6.07, 6.45) is 2.25. The molecule has 0 saturated carbocycles. The zero-order valence-electron chi connectivity index (χ0n) is 10.7. The number of benzene rings is 1. The summed E-state index contributed by atoms with van der Waals surface area (Å²) in [7, 11) is 0. The number of nitrogens with zero attached hydrogens (tertiary/aromatic N) is 2. The lowest BCUT2D eigenvalue weighted by atomic mass is 10.2. The van der Waals surface area contributed by atoms with Crippen molar-refractivity contribution < 1.29 is 9.21 Å². The van der Waals surface area contributed by atoms with Crippen LogP contribution < -0.4 is 5.73 Å². The second kappa shape index (κ2) is 5.05. The molecule has 0 unspecified atom stereocenters. The molecule has 20 heavy (non-hydrogen) atoms. The van der Waals surface area contributed by atoms with Crippen LogP contribution in [-0.4, -0.2) is 16.1 Å². The van der Waals surface area contributed by atoms with Crippen molar-refractivity contribution >= 4 is 12.1 Å². The molecule has 0 aliphatic rings. The van der Waals surface area contributed by atoms with Crippen molar-refractivity contribution in [2.24, 2.45) is 0 Å². The minimum atomic E-state index is 0.343. The highest BCUT2D eigenvalue weighted by atomic mass is 16.3. The second-order valence-electron chi connectivity index (χ2n) is 4.39. The summed E-state index contributed by atoms with van der Waals surface area (Å²) >= 11 is 0. The zero-order valence-corrected chi connectivity index (χ0v) is 10.7. The standard InChI is InChI=1S/C15H13N3O2/c16-15-12(10-19)14(13-7-4-8-20-13)17-18(15)9-11-5-2-1-3-6-11/h1-8,10H,9,16H2. The minimum Gasteiger partial charge on any atom is -0.463 e. The molecular weight excluding hydrogens is 254 g/mol. The van der Waals surface area contributed by atoms with Gasteiger partial charge >= 0.3 is 0 Å². The Balaban J connectivity index is 2.03. The van der Waals surface area contributed by atoms with Crippen molar-refractivity contribution in [2.45, 2.75) is 6.54 Å². The molecule has 0 saturated heterocycles. The third-order valence-corrected chi connectivity index (χ3v) is 3.08. The first-order chi connectivity index (χ1) is 9.79. The van der Waals surface area contributed by atoms with Crippen LogP contribution in [0.4, 0.5) is 5.82 Å². The highest BCUT2D eigenvalue weighted by Crippen LogP contribution is 2.26. The second-order valence-corrected chi connectivity index (χ2v) is 4.39. The Kier molecular flexibility index (Phi) is 3.09. The fourth-order valence-corrected chi connectivity index (χ4v) is 2.08. The third-order valence-electron chi connectivity index (χ3n) is 3.08. The number of aldehydes is 1. The number of hydrogen-bond donors (Lipinski definition) is 1. The van der Waals surface area contributed by atoms with Gasteiger partial charge in [-0.3, -0.25) is 4.79 Å². The first-order valence-electron chi connectivity index (χ1n) is 6.19. The average molecular weight is 267 g/mol. The Morgan fingerprint density at radius 1 is 1.20 bits per heavy atom. The first-order valence-corrected chi connectivity index (χ1v) is 6.19. The summed E-state index contributed by atoms with van der Waals surface area (Å²) in [5, 5.41) is 4.38. The predicted molar refractivity (Wildman–Crippen MR) is 75.3 cm³/mol. The van der Waals surface area contributed by atoms with Crippen molar-refractivity contribution in [1.82, 2.24) is 9.78 Å². The molecule has 2 N–H and O–H groups in total. The van der Waals surface area contributed by atoms with E-state index in [9.17, 15) is 4.79 Å². The van der Waals surface area contributed by atoms with Crippen molar-refractivity contribution in [2.75, 3.05) is 5.73 Å². The van der Waals surface area contributed by atoms with E-state index in [-0.39, 0.29) is 0 Å². The number of nitrogen functional groups attached to an aromatic ring is 1. The first kappa shape index (κ1) is 12.2. The topological polar surface area (TPSA) is 74.1 Å². The normalized spacial score (nSPS) is 10.6. The van der Waals surface area contributed by atoms with Crippen LogP contribution in [0, 0.1) is 0 Å². The Labute approximate surface area is 115 Å². The smallest absolute Gasteiger partial charge is 0.156 e. The third kappa shape index (κ3) is 2.09. The molecule has 0 bridgehead atoms. The van der Waals surface area contributed by atoms with Gasteiger partial charge < -0.3 is 10.2 Å². The summed E-state index contributed by atoms with van der Waals surface area (Å²) in [5.41, 5.74) is 7.88. The molecule has 0 aliphatic carbocycles. The molecule has 1 aromatic carbocycles. The quantitative estimate of drug-likeness (QED) is 0.737. The molecule has 0 radical (unpaired) electrons. The molecule has 0 fully saturated rings. The van der Waals surface area contributed by atoms with Gasteiger partial charge in [0.2, 0.25) is 0 Å². The molecule has 2 aromatic heterocycles. The fraction of sp³-hybridized carbons (Fsp3) is 0.0667. The van der Waals surface area contributed by atoms with Gasteiger partial charge in [-0.05, 0) is 17.7 Å². The van der Waals surface area contributed by atoms with E-state index in [1.807, 2.05) is 30.3 Å². The number of carbonyl (C=O) groups excluding carboxylic acids is 1.